The van der Waals surface area contributed by atoms with Gasteiger partial charge < -0.3 is 0 Å². The van der Waals surface area contributed by atoms with Crippen LogP contribution in [0, 0.1) is 0 Å². The molecule has 5 rings (SSSR count). The third-order valence-corrected chi connectivity index (χ3v) is 6.75. The fourth-order valence-corrected chi connectivity index (χ4v) is 4.90. The maximum atomic E-state index is 12.3. The van der Waals surface area contributed by atoms with Crippen LogP contribution in [0.3, 0.4) is 0 Å². The van der Waals surface area contributed by atoms with Gasteiger partial charge in [-0.1, -0.05) is 60.1 Å². The van der Waals surface area contributed by atoms with Crippen LogP contribution in [0.25, 0.3) is 0 Å². The Hall–Kier alpha value is -3.35. The highest BCUT2D eigenvalue weighted by molar-refractivity contribution is 8.17. The molecule has 0 aromatic heterocycles. The number of benzene rings is 3. The lowest BCUT2D eigenvalue weighted by molar-refractivity contribution is -0.110. The summed E-state index contributed by atoms with van der Waals surface area (Å²) in [5.41, 5.74) is 3.49. The van der Waals surface area contributed by atoms with Gasteiger partial charge in [-0.3, -0.25) is 4.79 Å². The number of ketones is 1. The molecular weight excluding hydrogens is 440 g/mol. The minimum atomic E-state index is -0.861. The molecule has 1 atom stereocenters. The molecule has 2 aliphatic rings. The predicted molar refractivity (Wildman–Crippen MR) is 133 cm³/mol. The average molecular weight is 459 g/mol. The molecule has 0 radical (unpaired) electrons. The number of thioether (sulfide) groups is 1. The Morgan fingerprint density at radius 2 is 1.41 bits per heavy atom. The van der Waals surface area contributed by atoms with E-state index in [9.17, 15) is 4.79 Å². The molecule has 32 heavy (non-hydrogen) atoms. The van der Waals surface area contributed by atoms with E-state index in [-0.39, 0.29) is 5.78 Å². The van der Waals surface area contributed by atoms with Crippen LogP contribution in [-0.4, -0.2) is 21.5 Å². The van der Waals surface area contributed by atoms with Crippen LogP contribution in [0.2, 0.25) is 5.02 Å². The van der Waals surface area contributed by atoms with Gasteiger partial charge in [0.15, 0.2) is 10.8 Å². The Morgan fingerprint density at radius 1 is 0.844 bits per heavy atom. The first kappa shape index (κ1) is 20.5. The van der Waals surface area contributed by atoms with E-state index in [1.165, 1.54) is 18.7 Å². The molecule has 0 amide bonds. The summed E-state index contributed by atoms with van der Waals surface area (Å²) >= 11 is 7.47. The molecule has 7 heteroatoms. The van der Waals surface area contributed by atoms with E-state index < -0.39 is 4.99 Å². The molecule has 158 valence electrons. The summed E-state index contributed by atoms with van der Waals surface area (Å²) in [7, 11) is 0. The fraction of sp³-hybridized carbons (Fsp3) is 0.0800. The number of hydrogen-bond donors (Lipinski definition) is 0. The van der Waals surface area contributed by atoms with Crippen molar-refractivity contribution in [1.29, 1.82) is 0 Å². The molecule has 0 saturated heterocycles. The molecule has 0 aliphatic carbocycles. The van der Waals surface area contributed by atoms with Crippen LogP contribution in [0.5, 0.6) is 0 Å². The summed E-state index contributed by atoms with van der Waals surface area (Å²) in [6, 6.07) is 27.3. The number of nitrogens with zero attached hydrogens (tertiary/aromatic N) is 4. The molecule has 5 nitrogen and oxygen atoms in total. The van der Waals surface area contributed by atoms with Crippen molar-refractivity contribution in [2.75, 3.05) is 10.0 Å². The molecule has 0 bridgehead atoms. The summed E-state index contributed by atoms with van der Waals surface area (Å²) in [5.74, 6) is -0.0818. The lowest BCUT2D eigenvalue weighted by atomic mass is 10.1. The third-order valence-electron chi connectivity index (χ3n) is 5.15. The number of rotatable bonds is 4. The molecule has 0 N–H and O–H groups in total. The van der Waals surface area contributed by atoms with E-state index in [0.29, 0.717) is 10.1 Å². The Kier molecular flexibility index (Phi) is 5.33. The molecule has 2 aliphatic heterocycles. The third kappa shape index (κ3) is 3.61. The van der Waals surface area contributed by atoms with Gasteiger partial charge in [-0.15, -0.1) is 0 Å². The number of carbonyl (C=O) groups is 1. The maximum absolute atomic E-state index is 12.3. The zero-order valence-electron chi connectivity index (χ0n) is 17.2. The second-order valence-electron chi connectivity index (χ2n) is 7.34. The first-order valence-electron chi connectivity index (χ1n) is 10.1. The van der Waals surface area contributed by atoms with Crippen LogP contribution >= 0.6 is 23.4 Å². The summed E-state index contributed by atoms with van der Waals surface area (Å²) in [4.78, 5) is 11.5. The van der Waals surface area contributed by atoms with Crippen LogP contribution in [0.15, 0.2) is 107 Å². The Labute approximate surface area is 195 Å². The number of allylic oxidation sites excluding steroid dienone is 1. The quantitative estimate of drug-likeness (QED) is 0.486. The molecule has 3 aromatic rings. The molecule has 0 saturated carbocycles. The summed E-state index contributed by atoms with van der Waals surface area (Å²) in [6.07, 6.45) is 4.03. The average Bonchev–Trinajstić information content (AvgIpc) is 3.21. The van der Waals surface area contributed by atoms with E-state index >= 15 is 0 Å². The highest BCUT2D eigenvalue weighted by Crippen LogP contribution is 2.47. The van der Waals surface area contributed by atoms with Gasteiger partial charge in [0.05, 0.1) is 17.1 Å². The smallest absolute Gasteiger partial charge is 0.227 e. The van der Waals surface area contributed by atoms with Gasteiger partial charge >= 0.3 is 0 Å². The largest absolute Gasteiger partial charge is 0.292 e. The van der Waals surface area contributed by atoms with Crippen molar-refractivity contribution in [3.63, 3.8) is 0 Å². The minimum absolute atomic E-state index is 0.0818. The highest BCUT2D eigenvalue weighted by Gasteiger charge is 2.50. The normalized spacial score (nSPS) is 19.8. The number of hydrazone groups is 2. The van der Waals surface area contributed by atoms with E-state index in [2.05, 4.69) is 0 Å². The fourth-order valence-electron chi connectivity index (χ4n) is 3.62. The summed E-state index contributed by atoms with van der Waals surface area (Å²) < 4.78 is 0. The Bertz CT molecular complexity index is 1240. The van der Waals surface area contributed by atoms with Gasteiger partial charge in [0.2, 0.25) is 4.99 Å². The van der Waals surface area contributed by atoms with Gasteiger partial charge in [0, 0.05) is 17.5 Å². The second-order valence-corrected chi connectivity index (χ2v) is 8.97. The number of anilines is 2. The minimum Gasteiger partial charge on any atom is -0.292 e. The van der Waals surface area contributed by atoms with Crippen molar-refractivity contribution in [3.05, 3.63) is 108 Å². The zero-order chi connectivity index (χ0) is 22.1. The lowest BCUT2D eigenvalue weighted by Gasteiger charge is -2.43. The van der Waals surface area contributed by atoms with Gasteiger partial charge in [-0.25, -0.2) is 10.0 Å². The van der Waals surface area contributed by atoms with Crippen LogP contribution in [0.1, 0.15) is 12.5 Å². The van der Waals surface area contributed by atoms with E-state index in [0.717, 1.165) is 22.6 Å². The second kappa shape index (κ2) is 8.30. The standard InChI is InChI=1S/C25H19ClN4OS/c1-18(31)24-28-30(22-10-6-3-7-11-22)25(32-24)17-16-23(19-12-14-20(26)15-13-19)27-29(25)21-8-4-2-5-9-21/h2-17H,1H3. The van der Waals surface area contributed by atoms with Crippen molar-refractivity contribution < 1.29 is 4.79 Å². The van der Waals surface area contributed by atoms with Crippen LogP contribution < -0.4 is 10.0 Å². The lowest BCUT2D eigenvalue weighted by Crippen LogP contribution is -2.53. The number of halogens is 1. The summed E-state index contributed by atoms with van der Waals surface area (Å²) in [5, 5.41) is 14.6. The molecule has 2 heterocycles. The first-order valence-corrected chi connectivity index (χ1v) is 11.3. The molecule has 1 unspecified atom stereocenters. The molecule has 3 aromatic carbocycles. The van der Waals surface area contributed by atoms with E-state index in [1.54, 1.807) is 0 Å². The van der Waals surface area contributed by atoms with E-state index in [4.69, 9.17) is 21.8 Å². The maximum Gasteiger partial charge on any atom is 0.227 e. The van der Waals surface area contributed by atoms with E-state index in [1.807, 2.05) is 107 Å². The van der Waals surface area contributed by atoms with Gasteiger partial charge in [0.1, 0.15) is 0 Å². The first-order chi connectivity index (χ1) is 15.6. The van der Waals surface area contributed by atoms with Crippen molar-refractivity contribution in [2.24, 2.45) is 10.2 Å². The van der Waals surface area contributed by atoms with Gasteiger partial charge in [-0.05, 0) is 60.3 Å². The number of para-hydroxylation sites is 2. The summed E-state index contributed by atoms with van der Waals surface area (Å²) in [6.45, 7) is 1.54. The van der Waals surface area contributed by atoms with Crippen molar-refractivity contribution in [1.82, 2.24) is 0 Å². The zero-order valence-corrected chi connectivity index (χ0v) is 18.8. The van der Waals surface area contributed by atoms with Gasteiger partial charge in [0.25, 0.3) is 0 Å². The molecular formula is C25H19ClN4OS. The monoisotopic (exact) mass is 458 g/mol. The molecule has 1 spiro atoms. The van der Waals surface area contributed by atoms with Gasteiger partial charge in [-0.2, -0.15) is 10.2 Å². The van der Waals surface area contributed by atoms with Crippen molar-refractivity contribution in [2.45, 2.75) is 11.9 Å². The number of carbonyl (C=O) groups excluding carboxylic acids is 1. The molecule has 0 fully saturated rings. The Morgan fingerprint density at radius 3 is 1.97 bits per heavy atom. The highest BCUT2D eigenvalue weighted by atomic mass is 35.5. The number of hydrogen-bond acceptors (Lipinski definition) is 6. The predicted octanol–water partition coefficient (Wildman–Crippen LogP) is 5.93. The number of Topliss-reactive ketones (excluding diaryl/α,β-unsaturated/α-hetero) is 1. The van der Waals surface area contributed by atoms with Crippen LogP contribution in [-0.2, 0) is 4.79 Å². The van der Waals surface area contributed by atoms with Crippen molar-refractivity contribution in [3.8, 4) is 0 Å². The Balaban J connectivity index is 1.67. The van der Waals surface area contributed by atoms with Crippen LogP contribution in [0.4, 0.5) is 11.4 Å². The topological polar surface area (TPSA) is 48.3 Å². The van der Waals surface area contributed by atoms with Crippen molar-refractivity contribution >= 4 is 51.3 Å². The SMILES string of the molecule is CC(=O)C1=NN(c2ccccc2)C2(C=CC(c3ccc(Cl)cc3)=NN2c2ccccc2)S1.